The second-order valence-corrected chi connectivity index (χ2v) is 9.39. The number of sulfone groups is 1. The van der Waals surface area contributed by atoms with E-state index < -0.39 is 27.0 Å². The minimum absolute atomic E-state index is 0.0548. The predicted molar refractivity (Wildman–Crippen MR) is 115 cm³/mol. The van der Waals surface area contributed by atoms with Crippen molar-refractivity contribution >= 4 is 27.6 Å². The van der Waals surface area contributed by atoms with Crippen molar-refractivity contribution in [1.29, 1.82) is 0 Å². The zero-order valence-corrected chi connectivity index (χ0v) is 18.3. The van der Waals surface area contributed by atoms with Crippen LogP contribution >= 0.6 is 0 Å². The maximum absolute atomic E-state index is 13.3. The van der Waals surface area contributed by atoms with Crippen LogP contribution in [0.5, 0.6) is 0 Å². The van der Waals surface area contributed by atoms with E-state index in [1.807, 2.05) is 0 Å². The minimum Gasteiger partial charge on any atom is -0.339 e. The van der Waals surface area contributed by atoms with E-state index >= 15 is 0 Å². The summed E-state index contributed by atoms with van der Waals surface area (Å²) in [6.07, 6.45) is 0. The molecule has 8 nitrogen and oxygen atoms in total. The molecular formula is C22H25N3O5S. The van der Waals surface area contributed by atoms with E-state index in [9.17, 15) is 22.8 Å². The standard InChI is InChI=1S/C22H25N3O5S/c1-16-8-6-7-11-19(16)20(27)23-21(31(29,30)18-9-4-3-5-10-18)22(28)25-14-12-24(13-15-25)17(2)26/h3-11,21H,12-15H2,1-2H3,(H,23,27)/t21-/m1/s1. The summed E-state index contributed by atoms with van der Waals surface area (Å²) in [4.78, 5) is 40.6. The Morgan fingerprint density at radius 2 is 1.42 bits per heavy atom. The number of rotatable bonds is 5. The third-order valence-electron chi connectivity index (χ3n) is 5.29. The molecule has 164 valence electrons. The number of piperazine rings is 1. The molecule has 1 heterocycles. The Balaban J connectivity index is 1.91. The highest BCUT2D eigenvalue weighted by atomic mass is 32.2. The van der Waals surface area contributed by atoms with Gasteiger partial charge in [-0.3, -0.25) is 14.4 Å². The molecule has 0 bridgehead atoms. The summed E-state index contributed by atoms with van der Waals surface area (Å²) in [6.45, 7) is 4.19. The van der Waals surface area contributed by atoms with Crippen LogP contribution in [0.4, 0.5) is 0 Å². The van der Waals surface area contributed by atoms with Crippen LogP contribution in [0.15, 0.2) is 59.5 Å². The normalized spacial score (nSPS) is 15.3. The number of amides is 3. The van der Waals surface area contributed by atoms with Gasteiger partial charge < -0.3 is 15.1 Å². The smallest absolute Gasteiger partial charge is 0.261 e. The lowest BCUT2D eigenvalue weighted by molar-refractivity contribution is -0.138. The lowest BCUT2D eigenvalue weighted by atomic mass is 10.1. The Kier molecular flexibility index (Phi) is 6.74. The van der Waals surface area contributed by atoms with Crippen molar-refractivity contribution in [2.24, 2.45) is 0 Å². The van der Waals surface area contributed by atoms with Crippen molar-refractivity contribution < 1.29 is 22.8 Å². The van der Waals surface area contributed by atoms with Gasteiger partial charge in [0, 0.05) is 38.7 Å². The maximum atomic E-state index is 13.3. The molecule has 2 aromatic rings. The molecule has 3 amide bonds. The highest BCUT2D eigenvalue weighted by Gasteiger charge is 2.39. The molecule has 1 atom stereocenters. The lowest BCUT2D eigenvalue weighted by Crippen LogP contribution is -2.57. The van der Waals surface area contributed by atoms with E-state index in [1.165, 1.54) is 24.0 Å². The minimum atomic E-state index is -4.20. The fraction of sp³-hybridized carbons (Fsp3) is 0.318. The van der Waals surface area contributed by atoms with Gasteiger partial charge in [0.05, 0.1) is 4.90 Å². The highest BCUT2D eigenvalue weighted by Crippen LogP contribution is 2.18. The van der Waals surface area contributed by atoms with Crippen molar-refractivity contribution in [2.45, 2.75) is 24.1 Å². The molecule has 1 N–H and O–H groups in total. The number of aryl methyl sites for hydroxylation is 1. The summed E-state index contributed by atoms with van der Waals surface area (Å²) in [5.74, 6) is -1.46. The zero-order valence-electron chi connectivity index (χ0n) is 17.4. The largest absolute Gasteiger partial charge is 0.339 e. The number of carbonyl (C=O) groups is 3. The van der Waals surface area contributed by atoms with Crippen molar-refractivity contribution in [1.82, 2.24) is 15.1 Å². The van der Waals surface area contributed by atoms with Crippen LogP contribution in [-0.2, 0) is 19.4 Å². The maximum Gasteiger partial charge on any atom is 0.261 e. The number of benzene rings is 2. The molecule has 0 radical (unpaired) electrons. The summed E-state index contributed by atoms with van der Waals surface area (Å²) >= 11 is 0. The molecule has 2 aromatic carbocycles. The Hall–Kier alpha value is -3.20. The van der Waals surface area contributed by atoms with Gasteiger partial charge in [-0.25, -0.2) is 8.42 Å². The number of hydrogen-bond donors (Lipinski definition) is 1. The molecular weight excluding hydrogens is 418 g/mol. The van der Waals surface area contributed by atoms with E-state index in [0.717, 1.165) is 0 Å². The predicted octanol–water partition coefficient (Wildman–Crippen LogP) is 1.22. The van der Waals surface area contributed by atoms with Crippen molar-refractivity contribution in [3.8, 4) is 0 Å². The van der Waals surface area contributed by atoms with Crippen LogP contribution in [0.25, 0.3) is 0 Å². The fourth-order valence-electron chi connectivity index (χ4n) is 3.45. The number of hydrogen-bond acceptors (Lipinski definition) is 5. The van der Waals surface area contributed by atoms with Gasteiger partial charge in [-0.2, -0.15) is 0 Å². The van der Waals surface area contributed by atoms with Gasteiger partial charge in [0.15, 0.2) is 0 Å². The van der Waals surface area contributed by atoms with E-state index in [0.29, 0.717) is 24.2 Å². The first-order chi connectivity index (χ1) is 14.7. The molecule has 0 unspecified atom stereocenters. The SMILES string of the molecule is CC(=O)N1CCN(C(=O)[C@H](NC(=O)c2ccccc2C)S(=O)(=O)c2ccccc2)CC1. The highest BCUT2D eigenvalue weighted by molar-refractivity contribution is 7.92. The van der Waals surface area contributed by atoms with Gasteiger partial charge in [-0.15, -0.1) is 0 Å². The average Bonchev–Trinajstić information content (AvgIpc) is 2.77. The monoisotopic (exact) mass is 443 g/mol. The zero-order chi connectivity index (χ0) is 22.6. The number of carbonyl (C=O) groups excluding carboxylic acids is 3. The molecule has 1 aliphatic rings. The van der Waals surface area contributed by atoms with Gasteiger partial charge in [0.1, 0.15) is 0 Å². The Bertz CT molecular complexity index is 1080. The van der Waals surface area contributed by atoms with Crippen LogP contribution in [0.3, 0.4) is 0 Å². The second-order valence-electron chi connectivity index (χ2n) is 7.36. The first kappa shape index (κ1) is 22.5. The van der Waals surface area contributed by atoms with Crippen LogP contribution in [0, 0.1) is 6.92 Å². The Morgan fingerprint density at radius 3 is 2.00 bits per heavy atom. The molecule has 0 aliphatic carbocycles. The topological polar surface area (TPSA) is 104 Å². The van der Waals surface area contributed by atoms with Crippen LogP contribution in [0.2, 0.25) is 0 Å². The van der Waals surface area contributed by atoms with Crippen LogP contribution < -0.4 is 5.32 Å². The molecule has 1 saturated heterocycles. The van der Waals surface area contributed by atoms with E-state index in [2.05, 4.69) is 5.32 Å². The summed E-state index contributed by atoms with van der Waals surface area (Å²) < 4.78 is 26.6. The molecule has 0 saturated carbocycles. The third kappa shape index (κ3) is 4.93. The van der Waals surface area contributed by atoms with Crippen LogP contribution in [0.1, 0.15) is 22.8 Å². The first-order valence-electron chi connectivity index (χ1n) is 9.91. The molecule has 31 heavy (non-hydrogen) atoms. The Morgan fingerprint density at radius 1 is 0.871 bits per heavy atom. The van der Waals surface area contributed by atoms with Crippen molar-refractivity contribution in [2.75, 3.05) is 26.2 Å². The summed E-state index contributed by atoms with van der Waals surface area (Å²) in [5.41, 5.74) is 0.961. The van der Waals surface area contributed by atoms with E-state index in [-0.39, 0.29) is 23.9 Å². The molecule has 9 heteroatoms. The fourth-order valence-corrected chi connectivity index (χ4v) is 4.94. The molecule has 1 aliphatic heterocycles. The lowest BCUT2D eigenvalue weighted by Gasteiger charge is -2.36. The van der Waals surface area contributed by atoms with Gasteiger partial charge in [0.2, 0.25) is 21.1 Å². The van der Waals surface area contributed by atoms with E-state index in [4.69, 9.17) is 0 Å². The second kappa shape index (κ2) is 9.30. The first-order valence-corrected chi connectivity index (χ1v) is 11.5. The molecule has 1 fully saturated rings. The van der Waals surface area contributed by atoms with Gasteiger partial charge in [-0.1, -0.05) is 36.4 Å². The quantitative estimate of drug-likeness (QED) is 0.748. The number of nitrogens with one attached hydrogen (secondary N) is 1. The van der Waals surface area contributed by atoms with Crippen LogP contribution in [-0.4, -0.2) is 67.5 Å². The summed E-state index contributed by atoms with van der Waals surface area (Å²) in [7, 11) is -4.20. The molecule has 3 rings (SSSR count). The summed E-state index contributed by atoms with van der Waals surface area (Å²) in [5, 5.41) is 0.673. The average molecular weight is 444 g/mol. The number of nitrogens with zero attached hydrogens (tertiary/aromatic N) is 2. The van der Waals surface area contributed by atoms with Crippen molar-refractivity contribution in [3.63, 3.8) is 0 Å². The third-order valence-corrected chi connectivity index (χ3v) is 7.16. The Labute approximate surface area is 181 Å². The molecule has 0 spiro atoms. The van der Waals surface area contributed by atoms with Gasteiger partial charge in [-0.05, 0) is 30.7 Å². The van der Waals surface area contributed by atoms with Gasteiger partial charge >= 0.3 is 0 Å². The van der Waals surface area contributed by atoms with Crippen molar-refractivity contribution in [3.05, 3.63) is 65.7 Å². The van der Waals surface area contributed by atoms with E-state index in [1.54, 1.807) is 54.3 Å². The molecule has 0 aromatic heterocycles. The summed E-state index contributed by atoms with van der Waals surface area (Å²) in [6, 6.07) is 14.3. The van der Waals surface area contributed by atoms with Gasteiger partial charge in [0.25, 0.3) is 11.8 Å².